The molecule has 1 aliphatic heterocycles. The molecule has 4 rings (SSSR count). The molecule has 1 N–H and O–H groups in total. The molecule has 3 aromatic rings. The van der Waals surface area contributed by atoms with E-state index in [0.29, 0.717) is 49.0 Å². The van der Waals surface area contributed by atoms with Crippen LogP contribution in [0, 0.1) is 13.8 Å². The fourth-order valence-corrected chi connectivity index (χ4v) is 5.52. The van der Waals surface area contributed by atoms with E-state index in [9.17, 15) is 13.2 Å². The van der Waals surface area contributed by atoms with Gasteiger partial charge in [0, 0.05) is 23.1 Å². The summed E-state index contributed by atoms with van der Waals surface area (Å²) < 4.78 is 38.2. The average molecular weight is 444 g/mol. The van der Waals surface area contributed by atoms with Crippen molar-refractivity contribution >= 4 is 21.0 Å². The smallest absolute Gasteiger partial charge is 0.336 e. The lowest BCUT2D eigenvalue weighted by atomic mass is 10.1. The Morgan fingerprint density at radius 1 is 1.03 bits per heavy atom. The summed E-state index contributed by atoms with van der Waals surface area (Å²) in [5.74, 6) is 0.630. The number of aryl methyl sites for hydroxylation is 2. The third kappa shape index (κ3) is 4.37. The molecular formula is C23H27N2O5S+. The Hall–Kier alpha value is -2.68. The minimum Gasteiger partial charge on any atom is -0.497 e. The second kappa shape index (κ2) is 8.45. The standard InChI is InChI=1S/C23H26N2O5S/c1-16-4-6-20(12-17(16)2)31(27,28)25-10-8-24(9-11-25)15-18-13-23(26)30-22-14-19(29-3)5-7-21(18)22/h4-7,12-14H,8-11,15H2,1-3H3/p+1. The molecule has 8 heteroatoms. The van der Waals surface area contributed by atoms with Crippen LogP contribution >= 0.6 is 0 Å². The molecule has 0 saturated carbocycles. The van der Waals surface area contributed by atoms with E-state index in [2.05, 4.69) is 0 Å². The normalized spacial score (nSPS) is 16.0. The number of benzene rings is 2. The van der Waals surface area contributed by atoms with E-state index in [-0.39, 0.29) is 0 Å². The summed E-state index contributed by atoms with van der Waals surface area (Å²) >= 11 is 0. The first-order valence-corrected chi connectivity index (χ1v) is 11.7. The highest BCUT2D eigenvalue weighted by atomic mass is 32.2. The van der Waals surface area contributed by atoms with Crippen LogP contribution in [0.25, 0.3) is 11.0 Å². The highest BCUT2D eigenvalue weighted by Crippen LogP contribution is 2.22. The molecular weight excluding hydrogens is 416 g/mol. The van der Waals surface area contributed by atoms with Gasteiger partial charge in [-0.3, -0.25) is 0 Å². The van der Waals surface area contributed by atoms with E-state index in [0.717, 1.165) is 22.1 Å². The maximum atomic E-state index is 13.0. The summed E-state index contributed by atoms with van der Waals surface area (Å²) in [5, 5.41) is 0.873. The maximum Gasteiger partial charge on any atom is 0.336 e. The van der Waals surface area contributed by atoms with Crippen LogP contribution in [0.4, 0.5) is 0 Å². The van der Waals surface area contributed by atoms with E-state index in [1.54, 1.807) is 29.6 Å². The first-order valence-electron chi connectivity index (χ1n) is 10.3. The lowest BCUT2D eigenvalue weighted by molar-refractivity contribution is -0.917. The van der Waals surface area contributed by atoms with Gasteiger partial charge in [-0.1, -0.05) is 6.07 Å². The van der Waals surface area contributed by atoms with E-state index in [1.807, 2.05) is 32.0 Å². The topological polar surface area (TPSA) is 81.3 Å². The Labute approximate surface area is 181 Å². The maximum absolute atomic E-state index is 13.0. The van der Waals surface area contributed by atoms with Crippen molar-refractivity contribution in [3.8, 4) is 5.75 Å². The van der Waals surface area contributed by atoms with Crippen molar-refractivity contribution in [2.45, 2.75) is 25.3 Å². The number of fused-ring (bicyclic) bond motifs is 1. The van der Waals surface area contributed by atoms with E-state index in [1.165, 1.54) is 11.0 Å². The fraction of sp³-hybridized carbons (Fsp3) is 0.348. The first kappa shape index (κ1) is 21.5. The Morgan fingerprint density at radius 3 is 2.45 bits per heavy atom. The van der Waals surface area contributed by atoms with Crippen LogP contribution in [0.3, 0.4) is 0 Å². The van der Waals surface area contributed by atoms with Gasteiger partial charge in [-0.15, -0.1) is 0 Å². The van der Waals surface area contributed by atoms with Gasteiger partial charge in [-0.25, -0.2) is 13.2 Å². The number of methoxy groups -OCH3 is 1. The van der Waals surface area contributed by atoms with E-state index < -0.39 is 15.6 Å². The van der Waals surface area contributed by atoms with Gasteiger partial charge in [0.2, 0.25) is 10.0 Å². The van der Waals surface area contributed by atoms with Crippen molar-refractivity contribution in [1.82, 2.24) is 4.31 Å². The van der Waals surface area contributed by atoms with Gasteiger partial charge in [0.05, 0.1) is 38.2 Å². The lowest BCUT2D eigenvalue weighted by Gasteiger charge is -2.31. The van der Waals surface area contributed by atoms with Crippen LogP contribution in [0.15, 0.2) is 56.6 Å². The van der Waals surface area contributed by atoms with Crippen LogP contribution in [0.5, 0.6) is 5.75 Å². The number of rotatable bonds is 5. The van der Waals surface area contributed by atoms with Gasteiger partial charge in [-0.05, 0) is 49.2 Å². The number of piperazine rings is 1. The number of ether oxygens (including phenoxy) is 1. The quantitative estimate of drug-likeness (QED) is 0.605. The number of hydrogen-bond acceptors (Lipinski definition) is 5. The number of quaternary nitrogens is 1. The van der Waals surface area contributed by atoms with Gasteiger partial charge >= 0.3 is 5.63 Å². The Bertz CT molecular complexity index is 1270. The first-order chi connectivity index (χ1) is 14.8. The zero-order chi connectivity index (χ0) is 22.2. The van der Waals surface area contributed by atoms with Crippen LogP contribution < -0.4 is 15.3 Å². The van der Waals surface area contributed by atoms with Gasteiger partial charge in [0.1, 0.15) is 17.9 Å². The summed E-state index contributed by atoms with van der Waals surface area (Å²) in [6.45, 7) is 6.75. The number of hydrogen-bond donors (Lipinski definition) is 1. The van der Waals surface area contributed by atoms with Crippen LogP contribution in [-0.2, 0) is 16.6 Å². The largest absolute Gasteiger partial charge is 0.497 e. The molecule has 0 spiro atoms. The molecule has 1 aromatic heterocycles. The van der Waals surface area contributed by atoms with Crippen molar-refractivity contribution in [3.05, 3.63) is 69.6 Å². The zero-order valence-corrected chi connectivity index (χ0v) is 18.8. The summed E-state index contributed by atoms with van der Waals surface area (Å²) in [4.78, 5) is 13.6. The van der Waals surface area contributed by atoms with Crippen molar-refractivity contribution < 1.29 is 22.5 Å². The molecule has 2 heterocycles. The monoisotopic (exact) mass is 443 g/mol. The molecule has 0 atom stereocenters. The van der Waals surface area contributed by atoms with E-state index in [4.69, 9.17) is 9.15 Å². The number of nitrogens with zero attached hydrogens (tertiary/aromatic N) is 1. The molecule has 2 aromatic carbocycles. The zero-order valence-electron chi connectivity index (χ0n) is 18.0. The lowest BCUT2D eigenvalue weighted by Crippen LogP contribution is -3.13. The molecule has 1 aliphatic rings. The minimum absolute atomic E-state index is 0.347. The highest BCUT2D eigenvalue weighted by Gasteiger charge is 2.31. The Kier molecular flexibility index (Phi) is 5.88. The van der Waals surface area contributed by atoms with Gasteiger partial charge in [0.25, 0.3) is 0 Å². The van der Waals surface area contributed by atoms with Gasteiger partial charge < -0.3 is 14.1 Å². The molecule has 0 aliphatic carbocycles. The van der Waals surface area contributed by atoms with Crippen LogP contribution in [-0.4, -0.2) is 46.0 Å². The van der Waals surface area contributed by atoms with Gasteiger partial charge in [0.15, 0.2) is 0 Å². The summed E-state index contributed by atoms with van der Waals surface area (Å²) in [5.41, 5.74) is 3.04. The highest BCUT2D eigenvalue weighted by molar-refractivity contribution is 7.89. The van der Waals surface area contributed by atoms with Crippen molar-refractivity contribution in [3.63, 3.8) is 0 Å². The number of nitrogens with one attached hydrogen (secondary N) is 1. The summed E-state index contributed by atoms with van der Waals surface area (Å²) in [7, 11) is -1.94. The van der Waals surface area contributed by atoms with Gasteiger partial charge in [-0.2, -0.15) is 4.31 Å². The van der Waals surface area contributed by atoms with Crippen LogP contribution in [0.2, 0.25) is 0 Å². The molecule has 164 valence electrons. The molecule has 0 bridgehead atoms. The molecule has 0 radical (unpaired) electrons. The number of sulfonamides is 1. The predicted molar refractivity (Wildman–Crippen MR) is 118 cm³/mol. The predicted octanol–water partition coefficient (Wildman–Crippen LogP) is 1.51. The Balaban J connectivity index is 1.49. The SMILES string of the molecule is COc1ccc2c(C[NH+]3CCN(S(=O)(=O)c4ccc(C)c(C)c4)CC3)cc(=O)oc2c1. The van der Waals surface area contributed by atoms with Crippen molar-refractivity contribution in [2.75, 3.05) is 33.3 Å². The fourth-order valence-electron chi connectivity index (χ4n) is 4.00. The summed E-state index contributed by atoms with van der Waals surface area (Å²) in [6, 6.07) is 12.3. The Morgan fingerprint density at radius 2 is 1.77 bits per heavy atom. The minimum atomic E-state index is -3.51. The second-order valence-corrected chi connectivity index (χ2v) is 9.97. The molecule has 31 heavy (non-hydrogen) atoms. The summed E-state index contributed by atoms with van der Waals surface area (Å²) in [6.07, 6.45) is 0. The molecule has 1 saturated heterocycles. The third-order valence-corrected chi connectivity index (χ3v) is 7.92. The van der Waals surface area contributed by atoms with Crippen LogP contribution in [0.1, 0.15) is 16.7 Å². The molecule has 0 amide bonds. The molecule has 1 fully saturated rings. The third-order valence-electron chi connectivity index (χ3n) is 6.02. The molecule has 7 nitrogen and oxygen atoms in total. The van der Waals surface area contributed by atoms with Crippen molar-refractivity contribution in [1.29, 1.82) is 0 Å². The molecule has 0 unspecified atom stereocenters. The second-order valence-electron chi connectivity index (χ2n) is 8.03. The van der Waals surface area contributed by atoms with E-state index >= 15 is 0 Å². The van der Waals surface area contributed by atoms with Crippen molar-refractivity contribution in [2.24, 2.45) is 0 Å². The average Bonchev–Trinajstić information content (AvgIpc) is 2.75.